The maximum Gasteiger partial charge on any atom is 0.323 e. The van der Waals surface area contributed by atoms with Gasteiger partial charge in [-0.3, -0.25) is 9.69 Å². The monoisotopic (exact) mass is 201 g/mol. The zero-order valence-electron chi connectivity index (χ0n) is 9.88. The molecule has 14 heavy (non-hydrogen) atoms. The highest BCUT2D eigenvalue weighted by Crippen LogP contribution is 2.02. The molecule has 0 heterocycles. The Balaban J connectivity index is 3.74. The molecule has 0 N–H and O–H groups in total. The van der Waals surface area contributed by atoms with Crippen molar-refractivity contribution in [2.24, 2.45) is 0 Å². The van der Waals surface area contributed by atoms with Crippen LogP contribution in [0.4, 0.5) is 0 Å². The summed E-state index contributed by atoms with van der Waals surface area (Å²) in [6.07, 6.45) is 3.58. The summed E-state index contributed by atoms with van der Waals surface area (Å²) in [5.74, 6) is -0.119. The predicted molar refractivity (Wildman–Crippen MR) is 58.3 cm³/mol. The van der Waals surface area contributed by atoms with Crippen LogP contribution < -0.4 is 0 Å². The number of ether oxygens (including phenoxy) is 1. The molecule has 0 amide bonds. The van der Waals surface area contributed by atoms with Gasteiger partial charge in [-0.25, -0.2) is 0 Å². The molecule has 0 aromatic heterocycles. The second-order valence-corrected chi connectivity index (χ2v) is 3.62. The molecular weight excluding hydrogens is 178 g/mol. The van der Waals surface area contributed by atoms with E-state index in [0.717, 1.165) is 13.0 Å². The van der Waals surface area contributed by atoms with E-state index in [-0.39, 0.29) is 12.0 Å². The average Bonchev–Trinajstić information content (AvgIpc) is 2.17. The lowest BCUT2D eigenvalue weighted by Crippen LogP contribution is -2.37. The Hall–Kier alpha value is -0.570. The number of hydrogen-bond acceptors (Lipinski definition) is 3. The summed E-state index contributed by atoms with van der Waals surface area (Å²) < 4.78 is 4.95. The van der Waals surface area contributed by atoms with Crippen molar-refractivity contribution in [3.8, 4) is 0 Å². The van der Waals surface area contributed by atoms with Gasteiger partial charge in [-0.1, -0.05) is 19.8 Å². The van der Waals surface area contributed by atoms with Gasteiger partial charge in [-0.05, 0) is 33.9 Å². The molecule has 0 fully saturated rings. The van der Waals surface area contributed by atoms with Crippen LogP contribution in [0.1, 0.15) is 40.0 Å². The highest BCUT2D eigenvalue weighted by molar-refractivity contribution is 5.75. The van der Waals surface area contributed by atoms with Gasteiger partial charge in [0.2, 0.25) is 0 Å². The number of carbonyl (C=O) groups is 1. The van der Waals surface area contributed by atoms with E-state index in [1.807, 2.05) is 25.8 Å². The number of unbranched alkanes of at least 4 members (excludes halogenated alkanes) is 2. The summed E-state index contributed by atoms with van der Waals surface area (Å²) in [5, 5.41) is 0. The van der Waals surface area contributed by atoms with Gasteiger partial charge >= 0.3 is 5.97 Å². The van der Waals surface area contributed by atoms with E-state index in [1.54, 1.807) is 0 Å². The van der Waals surface area contributed by atoms with Crippen LogP contribution in [0.25, 0.3) is 0 Å². The fourth-order valence-electron chi connectivity index (χ4n) is 1.25. The second-order valence-electron chi connectivity index (χ2n) is 3.62. The maximum atomic E-state index is 11.4. The van der Waals surface area contributed by atoms with Crippen LogP contribution in [0.15, 0.2) is 0 Å². The number of rotatable bonds is 7. The zero-order chi connectivity index (χ0) is 11.0. The predicted octanol–water partition coefficient (Wildman–Crippen LogP) is 2.06. The van der Waals surface area contributed by atoms with Gasteiger partial charge in [0.25, 0.3) is 0 Å². The molecule has 84 valence electrons. The quantitative estimate of drug-likeness (QED) is 0.466. The van der Waals surface area contributed by atoms with Gasteiger partial charge in [0, 0.05) is 0 Å². The van der Waals surface area contributed by atoms with E-state index < -0.39 is 0 Å². The smallest absolute Gasteiger partial charge is 0.323 e. The minimum atomic E-state index is -0.119. The van der Waals surface area contributed by atoms with E-state index in [0.29, 0.717) is 6.61 Å². The Morgan fingerprint density at radius 3 is 2.50 bits per heavy atom. The van der Waals surface area contributed by atoms with Crippen LogP contribution in [0.3, 0.4) is 0 Å². The summed E-state index contributed by atoms with van der Waals surface area (Å²) in [5.41, 5.74) is 0. The van der Waals surface area contributed by atoms with Gasteiger partial charge in [0.15, 0.2) is 0 Å². The van der Waals surface area contributed by atoms with Crippen molar-refractivity contribution >= 4 is 5.97 Å². The molecule has 3 heteroatoms. The van der Waals surface area contributed by atoms with E-state index >= 15 is 0 Å². The molecule has 0 aromatic rings. The van der Waals surface area contributed by atoms with Crippen molar-refractivity contribution in [3.05, 3.63) is 0 Å². The van der Waals surface area contributed by atoms with Crippen LogP contribution in [0.2, 0.25) is 0 Å². The summed E-state index contributed by atoms with van der Waals surface area (Å²) in [6.45, 7) is 7.33. The van der Waals surface area contributed by atoms with Gasteiger partial charge in [0.1, 0.15) is 6.04 Å². The molecule has 0 rings (SSSR count). The molecule has 1 unspecified atom stereocenters. The Morgan fingerprint density at radius 2 is 2.00 bits per heavy atom. The highest BCUT2D eigenvalue weighted by Gasteiger charge is 2.17. The van der Waals surface area contributed by atoms with Gasteiger partial charge in [0.05, 0.1) is 6.61 Å². The first kappa shape index (κ1) is 13.4. The lowest BCUT2D eigenvalue weighted by atomic mass is 10.2. The van der Waals surface area contributed by atoms with E-state index in [4.69, 9.17) is 4.74 Å². The Bertz CT molecular complexity index is 159. The highest BCUT2D eigenvalue weighted by atomic mass is 16.5. The van der Waals surface area contributed by atoms with Crippen LogP contribution in [-0.2, 0) is 9.53 Å². The van der Waals surface area contributed by atoms with Crippen molar-refractivity contribution < 1.29 is 9.53 Å². The van der Waals surface area contributed by atoms with Crippen LogP contribution >= 0.6 is 0 Å². The maximum absolute atomic E-state index is 11.4. The molecule has 0 spiro atoms. The van der Waals surface area contributed by atoms with Crippen molar-refractivity contribution in [2.75, 3.05) is 20.2 Å². The third kappa shape index (κ3) is 5.22. The van der Waals surface area contributed by atoms with Crippen LogP contribution in [0, 0.1) is 0 Å². The molecule has 0 bridgehead atoms. The van der Waals surface area contributed by atoms with Gasteiger partial charge in [-0.15, -0.1) is 0 Å². The number of carbonyl (C=O) groups excluding carboxylic acids is 1. The molecule has 0 aromatic carbocycles. The van der Waals surface area contributed by atoms with Crippen LogP contribution in [-0.4, -0.2) is 37.1 Å². The van der Waals surface area contributed by atoms with Gasteiger partial charge < -0.3 is 4.74 Å². The number of nitrogens with zero attached hydrogens (tertiary/aromatic N) is 1. The first-order valence-electron chi connectivity index (χ1n) is 5.50. The fourth-order valence-corrected chi connectivity index (χ4v) is 1.25. The van der Waals surface area contributed by atoms with Crippen molar-refractivity contribution in [3.63, 3.8) is 0 Å². The van der Waals surface area contributed by atoms with Crippen molar-refractivity contribution in [1.29, 1.82) is 0 Å². The van der Waals surface area contributed by atoms with E-state index in [1.165, 1.54) is 12.8 Å². The first-order chi connectivity index (χ1) is 6.63. The molecule has 0 aliphatic carbocycles. The number of likely N-dealkylation sites (N-methyl/N-ethyl adjacent to an activating group) is 1. The SMILES string of the molecule is CCCCCN(C)C(C)C(=O)OCC. The Kier molecular flexibility index (Phi) is 7.48. The standard InChI is InChI=1S/C11H23NO2/c1-5-7-8-9-12(4)10(3)11(13)14-6-2/h10H,5-9H2,1-4H3. The van der Waals surface area contributed by atoms with Crippen molar-refractivity contribution in [2.45, 2.75) is 46.1 Å². The molecule has 3 nitrogen and oxygen atoms in total. The lowest BCUT2D eigenvalue weighted by molar-refractivity contribution is -0.148. The number of hydrogen-bond donors (Lipinski definition) is 0. The fraction of sp³-hybridized carbons (Fsp3) is 0.909. The van der Waals surface area contributed by atoms with E-state index in [9.17, 15) is 4.79 Å². The summed E-state index contributed by atoms with van der Waals surface area (Å²) in [4.78, 5) is 13.4. The summed E-state index contributed by atoms with van der Waals surface area (Å²) in [6, 6.07) is -0.119. The third-order valence-corrected chi connectivity index (χ3v) is 2.40. The normalized spacial score (nSPS) is 12.9. The molecule has 0 aliphatic heterocycles. The largest absolute Gasteiger partial charge is 0.465 e. The lowest BCUT2D eigenvalue weighted by Gasteiger charge is -2.22. The minimum absolute atomic E-state index is 0.119. The Labute approximate surface area is 87.4 Å². The molecular formula is C11H23NO2. The second kappa shape index (κ2) is 7.80. The topological polar surface area (TPSA) is 29.5 Å². The molecule has 0 saturated carbocycles. The van der Waals surface area contributed by atoms with Crippen molar-refractivity contribution in [1.82, 2.24) is 4.90 Å². The zero-order valence-corrected chi connectivity index (χ0v) is 9.88. The van der Waals surface area contributed by atoms with Crippen LogP contribution in [0.5, 0.6) is 0 Å². The molecule has 0 aliphatic rings. The third-order valence-electron chi connectivity index (χ3n) is 2.40. The Morgan fingerprint density at radius 1 is 1.36 bits per heavy atom. The minimum Gasteiger partial charge on any atom is -0.465 e. The summed E-state index contributed by atoms with van der Waals surface area (Å²) in [7, 11) is 1.97. The summed E-state index contributed by atoms with van der Waals surface area (Å²) >= 11 is 0. The van der Waals surface area contributed by atoms with Gasteiger partial charge in [-0.2, -0.15) is 0 Å². The van der Waals surface area contributed by atoms with E-state index in [2.05, 4.69) is 6.92 Å². The molecule has 0 saturated heterocycles. The number of esters is 1. The molecule has 0 radical (unpaired) electrons. The average molecular weight is 201 g/mol. The first-order valence-corrected chi connectivity index (χ1v) is 5.50. The molecule has 1 atom stereocenters.